The second kappa shape index (κ2) is 5.92. The summed E-state index contributed by atoms with van der Waals surface area (Å²) in [5.74, 6) is 5.46. The smallest absolute Gasteiger partial charge is 0.293 e. The van der Waals surface area contributed by atoms with Gasteiger partial charge in [0.15, 0.2) is 0 Å². The van der Waals surface area contributed by atoms with Crippen LogP contribution < -0.4 is 11.3 Å². The molecule has 7 nitrogen and oxygen atoms in total. The number of hydrogen-bond acceptors (Lipinski definition) is 5. The summed E-state index contributed by atoms with van der Waals surface area (Å²) in [6.45, 7) is 6.50. The lowest BCUT2D eigenvalue weighted by Crippen LogP contribution is -2.14. The van der Waals surface area contributed by atoms with E-state index in [1.54, 1.807) is 6.07 Å². The maximum absolute atomic E-state index is 11.0. The molecule has 112 valence electrons. The van der Waals surface area contributed by atoms with Crippen molar-refractivity contribution in [3.63, 3.8) is 0 Å². The van der Waals surface area contributed by atoms with Crippen molar-refractivity contribution < 1.29 is 4.92 Å². The van der Waals surface area contributed by atoms with Crippen molar-refractivity contribution >= 4 is 11.4 Å². The van der Waals surface area contributed by atoms with Crippen molar-refractivity contribution in [2.45, 2.75) is 33.7 Å². The van der Waals surface area contributed by atoms with Crippen LogP contribution in [0.5, 0.6) is 0 Å². The molecule has 0 atom stereocenters. The van der Waals surface area contributed by atoms with E-state index in [2.05, 4.69) is 17.4 Å². The van der Waals surface area contributed by atoms with E-state index in [0.29, 0.717) is 12.2 Å². The second-order valence-electron chi connectivity index (χ2n) is 4.87. The monoisotopic (exact) mass is 289 g/mol. The highest BCUT2D eigenvalue weighted by atomic mass is 16.6. The Morgan fingerprint density at radius 1 is 1.43 bits per heavy atom. The lowest BCUT2D eigenvalue weighted by molar-refractivity contribution is -0.384. The summed E-state index contributed by atoms with van der Waals surface area (Å²) in [6, 6.07) is 4.89. The van der Waals surface area contributed by atoms with Crippen molar-refractivity contribution in [2.75, 3.05) is 5.43 Å². The van der Waals surface area contributed by atoms with Gasteiger partial charge in [0.2, 0.25) is 0 Å². The first-order valence-electron chi connectivity index (χ1n) is 6.75. The van der Waals surface area contributed by atoms with Crippen LogP contribution in [-0.4, -0.2) is 14.7 Å². The van der Waals surface area contributed by atoms with Crippen molar-refractivity contribution in [3.05, 3.63) is 50.8 Å². The zero-order valence-corrected chi connectivity index (χ0v) is 12.4. The first-order chi connectivity index (χ1) is 9.99. The lowest BCUT2D eigenvalue weighted by atomic mass is 10.1. The van der Waals surface area contributed by atoms with Crippen molar-refractivity contribution in [1.29, 1.82) is 0 Å². The SMILES string of the molecule is CCc1c(C)nn(Cc2cccc([N+](=O)[O-])c2NN)c1C. The molecule has 0 radical (unpaired) electrons. The Hall–Kier alpha value is -2.41. The van der Waals surface area contributed by atoms with Crippen LogP contribution in [0.4, 0.5) is 11.4 Å². The Bertz CT molecular complexity index is 678. The fraction of sp³-hybridized carbons (Fsp3) is 0.357. The van der Waals surface area contributed by atoms with Crippen molar-refractivity contribution in [2.24, 2.45) is 5.84 Å². The number of nitrogen functional groups attached to an aromatic ring is 1. The molecule has 0 spiro atoms. The zero-order chi connectivity index (χ0) is 15.6. The molecule has 3 N–H and O–H groups in total. The van der Waals surface area contributed by atoms with Crippen LogP contribution in [-0.2, 0) is 13.0 Å². The summed E-state index contributed by atoms with van der Waals surface area (Å²) >= 11 is 0. The highest BCUT2D eigenvalue weighted by Gasteiger charge is 2.18. The van der Waals surface area contributed by atoms with E-state index in [4.69, 9.17) is 5.84 Å². The summed E-state index contributed by atoms with van der Waals surface area (Å²) in [6.07, 6.45) is 0.911. The highest BCUT2D eigenvalue weighted by molar-refractivity contribution is 5.65. The van der Waals surface area contributed by atoms with Gasteiger partial charge in [0.25, 0.3) is 5.69 Å². The number of nitrogens with two attached hydrogens (primary N) is 1. The quantitative estimate of drug-likeness (QED) is 0.500. The first kappa shape index (κ1) is 15.0. The number of aromatic nitrogens is 2. The van der Waals surface area contributed by atoms with E-state index in [1.165, 1.54) is 11.6 Å². The van der Waals surface area contributed by atoms with Gasteiger partial charge in [-0.2, -0.15) is 5.10 Å². The predicted octanol–water partition coefficient (Wildman–Crippen LogP) is 2.30. The Balaban J connectivity index is 2.45. The topological polar surface area (TPSA) is 99.0 Å². The molecule has 0 bridgehead atoms. The number of hydrazine groups is 1. The third-order valence-electron chi connectivity index (χ3n) is 3.67. The van der Waals surface area contributed by atoms with Gasteiger partial charge in [-0.15, -0.1) is 0 Å². The molecule has 0 aliphatic heterocycles. The zero-order valence-electron chi connectivity index (χ0n) is 12.4. The molecule has 7 heteroatoms. The van der Waals surface area contributed by atoms with Gasteiger partial charge in [-0.25, -0.2) is 0 Å². The molecule has 0 aliphatic carbocycles. The third-order valence-corrected chi connectivity index (χ3v) is 3.67. The fourth-order valence-electron chi connectivity index (χ4n) is 2.60. The fourth-order valence-corrected chi connectivity index (χ4v) is 2.60. The number of anilines is 1. The van der Waals surface area contributed by atoms with Crippen LogP contribution in [0, 0.1) is 24.0 Å². The van der Waals surface area contributed by atoms with E-state index >= 15 is 0 Å². The van der Waals surface area contributed by atoms with Gasteiger partial charge in [-0.05, 0) is 25.8 Å². The number of nitro benzene ring substituents is 1. The maximum atomic E-state index is 11.0. The average molecular weight is 289 g/mol. The first-order valence-corrected chi connectivity index (χ1v) is 6.75. The Morgan fingerprint density at radius 3 is 2.67 bits per heavy atom. The number of aryl methyl sites for hydroxylation is 1. The third kappa shape index (κ3) is 2.73. The normalized spacial score (nSPS) is 10.7. The number of nitrogens with zero attached hydrogens (tertiary/aromatic N) is 3. The van der Waals surface area contributed by atoms with Crippen molar-refractivity contribution in [1.82, 2.24) is 9.78 Å². The Labute approximate surface area is 122 Å². The van der Waals surface area contributed by atoms with Gasteiger partial charge in [0, 0.05) is 17.3 Å². The van der Waals surface area contributed by atoms with Gasteiger partial charge in [0.1, 0.15) is 5.69 Å². The van der Waals surface area contributed by atoms with E-state index in [0.717, 1.165) is 23.4 Å². The summed E-state index contributed by atoms with van der Waals surface area (Å²) in [5.41, 5.74) is 6.74. The molecule has 0 saturated carbocycles. The highest BCUT2D eigenvalue weighted by Crippen LogP contribution is 2.28. The van der Waals surface area contributed by atoms with Crippen LogP contribution >= 0.6 is 0 Å². The van der Waals surface area contributed by atoms with Crippen LogP contribution in [0.25, 0.3) is 0 Å². The van der Waals surface area contributed by atoms with Crippen LogP contribution in [0.15, 0.2) is 18.2 Å². The minimum absolute atomic E-state index is 0.0350. The van der Waals surface area contributed by atoms with Gasteiger partial charge in [-0.1, -0.05) is 19.1 Å². The second-order valence-corrected chi connectivity index (χ2v) is 4.87. The molecule has 1 aromatic heterocycles. The van der Waals surface area contributed by atoms with Crippen molar-refractivity contribution in [3.8, 4) is 0 Å². The number of rotatable bonds is 5. The van der Waals surface area contributed by atoms with E-state index in [1.807, 2.05) is 24.6 Å². The summed E-state index contributed by atoms with van der Waals surface area (Å²) in [7, 11) is 0. The number of para-hydroxylation sites is 1. The number of nitro groups is 1. The molecule has 0 fully saturated rings. The molecular weight excluding hydrogens is 270 g/mol. The van der Waals surface area contributed by atoms with Gasteiger partial charge in [-0.3, -0.25) is 20.6 Å². The number of hydrogen-bond donors (Lipinski definition) is 2. The average Bonchev–Trinajstić information content (AvgIpc) is 2.72. The van der Waals surface area contributed by atoms with Crippen LogP contribution in [0.1, 0.15) is 29.4 Å². The minimum Gasteiger partial charge on any atom is -0.318 e. The standard InChI is InChI=1S/C14H19N5O2/c1-4-12-9(2)17-18(10(12)3)8-11-6-5-7-13(19(20)21)14(11)16-15/h5-7,16H,4,8,15H2,1-3H3. The molecule has 1 heterocycles. The summed E-state index contributed by atoms with van der Waals surface area (Å²) in [4.78, 5) is 10.6. The van der Waals surface area contributed by atoms with E-state index in [9.17, 15) is 10.1 Å². The molecule has 0 aliphatic rings. The van der Waals surface area contributed by atoms with Crippen LogP contribution in [0.2, 0.25) is 0 Å². The molecule has 0 unspecified atom stereocenters. The maximum Gasteiger partial charge on any atom is 0.293 e. The minimum atomic E-state index is -0.447. The predicted molar refractivity (Wildman–Crippen MR) is 81.1 cm³/mol. The molecule has 21 heavy (non-hydrogen) atoms. The van der Waals surface area contributed by atoms with E-state index < -0.39 is 4.92 Å². The molecule has 2 rings (SSSR count). The number of nitrogens with one attached hydrogen (secondary N) is 1. The summed E-state index contributed by atoms with van der Waals surface area (Å²) in [5, 5.41) is 15.5. The molecule has 0 saturated heterocycles. The van der Waals surface area contributed by atoms with Gasteiger partial charge >= 0.3 is 0 Å². The lowest BCUT2D eigenvalue weighted by Gasteiger charge is -2.10. The van der Waals surface area contributed by atoms with Gasteiger partial charge < -0.3 is 5.43 Å². The Morgan fingerprint density at radius 2 is 2.14 bits per heavy atom. The van der Waals surface area contributed by atoms with E-state index in [-0.39, 0.29) is 5.69 Å². The molecule has 2 aromatic rings. The largest absolute Gasteiger partial charge is 0.318 e. The molecule has 0 amide bonds. The molecule has 1 aromatic carbocycles. The van der Waals surface area contributed by atoms with Gasteiger partial charge in [0.05, 0.1) is 17.2 Å². The molecular formula is C14H19N5O2. The Kier molecular flexibility index (Phi) is 4.23. The number of benzene rings is 1. The van der Waals surface area contributed by atoms with Crippen LogP contribution in [0.3, 0.4) is 0 Å². The summed E-state index contributed by atoms with van der Waals surface area (Å²) < 4.78 is 1.86.